The number of benzene rings is 2. The third-order valence-corrected chi connectivity index (χ3v) is 4.76. The molecular formula is C19H17ClN2O. The van der Waals surface area contributed by atoms with Crippen LogP contribution in [-0.4, -0.2) is 22.3 Å². The van der Waals surface area contributed by atoms with Gasteiger partial charge in [0.05, 0.1) is 0 Å². The van der Waals surface area contributed by atoms with Crippen molar-refractivity contribution in [1.82, 2.24) is 9.88 Å². The van der Waals surface area contributed by atoms with Crippen LogP contribution in [0.2, 0.25) is 5.02 Å². The molecule has 0 saturated heterocycles. The monoisotopic (exact) mass is 324 g/mol. The molecule has 2 heterocycles. The van der Waals surface area contributed by atoms with Gasteiger partial charge in [-0.05, 0) is 42.8 Å². The lowest BCUT2D eigenvalue weighted by Crippen LogP contribution is -2.35. The number of halogens is 1. The van der Waals surface area contributed by atoms with Gasteiger partial charge >= 0.3 is 0 Å². The summed E-state index contributed by atoms with van der Waals surface area (Å²) < 4.78 is 0. The molecule has 0 aliphatic carbocycles. The number of amides is 1. The number of H-pyrrole nitrogens is 1. The Bertz CT molecular complexity index is 896. The van der Waals surface area contributed by atoms with Crippen molar-refractivity contribution >= 4 is 28.4 Å². The Morgan fingerprint density at radius 3 is 2.74 bits per heavy atom. The van der Waals surface area contributed by atoms with Gasteiger partial charge in [-0.3, -0.25) is 4.79 Å². The topological polar surface area (TPSA) is 36.1 Å². The molecule has 0 spiro atoms. The Labute approximate surface area is 139 Å². The zero-order valence-electron chi connectivity index (χ0n) is 12.9. The van der Waals surface area contributed by atoms with Crippen LogP contribution in [0.3, 0.4) is 0 Å². The molecule has 1 aliphatic rings. The van der Waals surface area contributed by atoms with Crippen molar-refractivity contribution in [3.63, 3.8) is 0 Å². The molecule has 1 aliphatic heterocycles. The largest absolute Gasteiger partial charge is 0.358 e. The van der Waals surface area contributed by atoms with Crippen LogP contribution in [-0.2, 0) is 13.0 Å². The number of aromatic amines is 1. The Balaban J connectivity index is 1.66. The van der Waals surface area contributed by atoms with Gasteiger partial charge in [0.15, 0.2) is 0 Å². The lowest BCUT2D eigenvalue weighted by molar-refractivity contribution is 0.0735. The lowest BCUT2D eigenvalue weighted by atomic mass is 10.0. The van der Waals surface area contributed by atoms with E-state index < -0.39 is 0 Å². The number of aryl methyl sites for hydroxylation is 1. The molecule has 0 atom stereocenters. The van der Waals surface area contributed by atoms with Gasteiger partial charge in [-0.15, -0.1) is 0 Å². The predicted molar refractivity (Wildman–Crippen MR) is 92.9 cm³/mol. The maximum atomic E-state index is 12.7. The Kier molecular flexibility index (Phi) is 3.38. The van der Waals surface area contributed by atoms with Gasteiger partial charge in [0.2, 0.25) is 0 Å². The molecule has 0 radical (unpaired) electrons. The second-order valence-corrected chi connectivity index (χ2v) is 6.55. The Hall–Kier alpha value is -2.26. The van der Waals surface area contributed by atoms with Crippen molar-refractivity contribution in [2.75, 3.05) is 6.54 Å². The van der Waals surface area contributed by atoms with Crippen LogP contribution < -0.4 is 0 Å². The smallest absolute Gasteiger partial charge is 0.254 e. The van der Waals surface area contributed by atoms with Gasteiger partial charge in [-0.2, -0.15) is 0 Å². The minimum Gasteiger partial charge on any atom is -0.358 e. The maximum absolute atomic E-state index is 12.7. The second kappa shape index (κ2) is 5.43. The summed E-state index contributed by atoms with van der Waals surface area (Å²) in [6.45, 7) is 3.48. The first-order chi connectivity index (χ1) is 11.1. The van der Waals surface area contributed by atoms with E-state index in [1.165, 1.54) is 22.2 Å². The average molecular weight is 325 g/mol. The highest BCUT2D eigenvalue weighted by molar-refractivity contribution is 6.30. The van der Waals surface area contributed by atoms with E-state index in [2.05, 4.69) is 30.1 Å². The molecule has 0 bridgehead atoms. The SMILES string of the molecule is Cc1ccc2c3c([nH]c2c1)CCN(C(=O)c1ccc(Cl)cc1)C3. The third-order valence-electron chi connectivity index (χ3n) is 4.51. The van der Waals surface area contributed by atoms with Gasteiger partial charge in [0.25, 0.3) is 5.91 Å². The summed E-state index contributed by atoms with van der Waals surface area (Å²) in [5, 5.41) is 1.87. The Morgan fingerprint density at radius 2 is 1.96 bits per heavy atom. The number of carbonyl (C=O) groups excluding carboxylic acids is 1. The summed E-state index contributed by atoms with van der Waals surface area (Å²) in [4.78, 5) is 18.1. The Morgan fingerprint density at radius 1 is 1.17 bits per heavy atom. The molecule has 4 rings (SSSR count). The highest BCUT2D eigenvalue weighted by atomic mass is 35.5. The van der Waals surface area contributed by atoms with Crippen molar-refractivity contribution in [3.05, 3.63) is 69.9 Å². The minimum absolute atomic E-state index is 0.0637. The molecule has 2 aromatic carbocycles. The predicted octanol–water partition coefficient (Wildman–Crippen LogP) is 4.33. The highest BCUT2D eigenvalue weighted by Gasteiger charge is 2.24. The third kappa shape index (κ3) is 2.51. The summed E-state index contributed by atoms with van der Waals surface area (Å²) in [5.74, 6) is 0.0637. The molecule has 1 amide bonds. The molecule has 1 aromatic heterocycles. The van der Waals surface area contributed by atoms with Crippen molar-refractivity contribution in [2.45, 2.75) is 19.9 Å². The van der Waals surface area contributed by atoms with Gasteiger partial charge in [0, 0.05) is 52.3 Å². The molecular weight excluding hydrogens is 308 g/mol. The van der Waals surface area contributed by atoms with Crippen LogP contribution in [0.25, 0.3) is 10.9 Å². The summed E-state index contributed by atoms with van der Waals surface area (Å²) in [5.41, 5.74) is 5.59. The van der Waals surface area contributed by atoms with Crippen molar-refractivity contribution < 1.29 is 4.79 Å². The van der Waals surface area contributed by atoms with Crippen LogP contribution in [0, 0.1) is 6.92 Å². The van der Waals surface area contributed by atoms with E-state index in [1.54, 1.807) is 24.3 Å². The number of rotatable bonds is 1. The maximum Gasteiger partial charge on any atom is 0.254 e. The van der Waals surface area contributed by atoms with E-state index in [9.17, 15) is 4.79 Å². The molecule has 0 saturated carbocycles. The molecule has 23 heavy (non-hydrogen) atoms. The first-order valence-electron chi connectivity index (χ1n) is 7.77. The second-order valence-electron chi connectivity index (χ2n) is 6.11. The van der Waals surface area contributed by atoms with Crippen molar-refractivity contribution in [2.24, 2.45) is 0 Å². The fourth-order valence-corrected chi connectivity index (χ4v) is 3.41. The van der Waals surface area contributed by atoms with Crippen LogP contribution in [0.4, 0.5) is 0 Å². The first-order valence-corrected chi connectivity index (χ1v) is 8.14. The summed E-state index contributed by atoms with van der Waals surface area (Å²) in [6.07, 6.45) is 0.863. The molecule has 4 heteroatoms. The quantitative estimate of drug-likeness (QED) is 0.710. The van der Waals surface area contributed by atoms with Crippen LogP contribution in [0.15, 0.2) is 42.5 Å². The number of nitrogens with one attached hydrogen (secondary N) is 1. The number of hydrogen-bond donors (Lipinski definition) is 1. The number of aromatic nitrogens is 1. The summed E-state index contributed by atoms with van der Waals surface area (Å²) in [7, 11) is 0. The zero-order valence-corrected chi connectivity index (χ0v) is 13.7. The standard InChI is InChI=1S/C19H17ClN2O/c1-12-2-7-15-16-11-22(9-8-17(16)21-18(15)10-12)19(23)13-3-5-14(20)6-4-13/h2-7,10,21H,8-9,11H2,1H3. The zero-order chi connectivity index (χ0) is 16.0. The van der Waals surface area contributed by atoms with Crippen LogP contribution >= 0.6 is 11.6 Å². The summed E-state index contributed by atoms with van der Waals surface area (Å²) in [6, 6.07) is 13.5. The van der Waals surface area contributed by atoms with Gasteiger partial charge in [-0.25, -0.2) is 0 Å². The number of nitrogens with zero attached hydrogens (tertiary/aromatic N) is 1. The molecule has 116 valence electrons. The number of hydrogen-bond acceptors (Lipinski definition) is 1. The minimum atomic E-state index is 0.0637. The molecule has 0 unspecified atom stereocenters. The van der Waals surface area contributed by atoms with E-state index in [1.807, 2.05) is 4.90 Å². The number of fused-ring (bicyclic) bond motifs is 3. The van der Waals surface area contributed by atoms with Gasteiger partial charge < -0.3 is 9.88 Å². The lowest BCUT2D eigenvalue weighted by Gasteiger charge is -2.27. The van der Waals surface area contributed by atoms with Gasteiger partial charge in [-0.1, -0.05) is 23.7 Å². The van der Waals surface area contributed by atoms with E-state index in [0.717, 1.165) is 18.5 Å². The van der Waals surface area contributed by atoms with Crippen LogP contribution in [0.5, 0.6) is 0 Å². The van der Waals surface area contributed by atoms with Crippen molar-refractivity contribution in [1.29, 1.82) is 0 Å². The van der Waals surface area contributed by atoms with Crippen LogP contribution in [0.1, 0.15) is 27.2 Å². The molecule has 3 nitrogen and oxygen atoms in total. The highest BCUT2D eigenvalue weighted by Crippen LogP contribution is 2.29. The number of carbonyl (C=O) groups is 1. The van der Waals surface area contributed by atoms with E-state index in [4.69, 9.17) is 11.6 Å². The van der Waals surface area contributed by atoms with Crippen molar-refractivity contribution in [3.8, 4) is 0 Å². The molecule has 0 fully saturated rings. The normalized spacial score (nSPS) is 14.1. The first kappa shape index (κ1) is 14.3. The van der Waals surface area contributed by atoms with Gasteiger partial charge in [0.1, 0.15) is 0 Å². The molecule has 3 aromatic rings. The molecule has 1 N–H and O–H groups in total. The fourth-order valence-electron chi connectivity index (χ4n) is 3.28. The van der Waals surface area contributed by atoms with E-state index in [0.29, 0.717) is 17.1 Å². The summed E-state index contributed by atoms with van der Waals surface area (Å²) >= 11 is 5.90. The fraction of sp³-hybridized carbons (Fsp3) is 0.211. The van der Waals surface area contributed by atoms with E-state index >= 15 is 0 Å². The average Bonchev–Trinajstić information content (AvgIpc) is 2.91. The van der Waals surface area contributed by atoms with E-state index in [-0.39, 0.29) is 5.91 Å².